The number of nitrogens with zero attached hydrogens (tertiary/aromatic N) is 1. The van der Waals surface area contributed by atoms with Gasteiger partial charge in [0, 0.05) is 26.3 Å². The van der Waals surface area contributed by atoms with Gasteiger partial charge in [-0.25, -0.2) is 0 Å². The SMILES string of the molecule is CC1=CC(C)CC(CNc2ccccc2C(=O)N(C)C)C1. The topological polar surface area (TPSA) is 32.3 Å². The van der Waals surface area contributed by atoms with E-state index in [1.807, 2.05) is 24.3 Å². The van der Waals surface area contributed by atoms with Crippen LogP contribution in [-0.4, -0.2) is 31.4 Å². The van der Waals surface area contributed by atoms with Crippen molar-refractivity contribution in [2.75, 3.05) is 26.0 Å². The van der Waals surface area contributed by atoms with Gasteiger partial charge >= 0.3 is 0 Å². The highest BCUT2D eigenvalue weighted by molar-refractivity contribution is 5.99. The second kappa shape index (κ2) is 6.79. The highest BCUT2D eigenvalue weighted by atomic mass is 16.2. The first-order chi connectivity index (χ1) is 9.97. The molecule has 0 spiro atoms. The zero-order chi connectivity index (χ0) is 15.4. The lowest BCUT2D eigenvalue weighted by atomic mass is 9.83. The number of allylic oxidation sites excluding steroid dienone is 2. The van der Waals surface area contributed by atoms with Gasteiger partial charge in [0.25, 0.3) is 5.91 Å². The predicted octanol–water partition coefficient (Wildman–Crippen LogP) is 3.79. The molecule has 0 aromatic heterocycles. The number of carbonyl (C=O) groups excluding carboxylic acids is 1. The summed E-state index contributed by atoms with van der Waals surface area (Å²) in [4.78, 5) is 13.8. The van der Waals surface area contributed by atoms with Crippen LogP contribution < -0.4 is 5.32 Å². The van der Waals surface area contributed by atoms with Gasteiger partial charge in [-0.05, 0) is 43.7 Å². The predicted molar refractivity (Wildman–Crippen MR) is 88.6 cm³/mol. The first-order valence-corrected chi connectivity index (χ1v) is 7.69. The van der Waals surface area contributed by atoms with Crippen LogP contribution in [0.25, 0.3) is 0 Å². The average Bonchev–Trinajstić information content (AvgIpc) is 2.43. The number of anilines is 1. The van der Waals surface area contributed by atoms with Gasteiger partial charge in [-0.15, -0.1) is 0 Å². The summed E-state index contributed by atoms with van der Waals surface area (Å²) in [5, 5.41) is 3.49. The summed E-state index contributed by atoms with van der Waals surface area (Å²) in [6, 6.07) is 7.77. The van der Waals surface area contributed by atoms with E-state index < -0.39 is 0 Å². The number of hydrogen-bond donors (Lipinski definition) is 1. The second-order valence-corrected chi connectivity index (χ2v) is 6.42. The van der Waals surface area contributed by atoms with Gasteiger partial charge in [0.2, 0.25) is 0 Å². The zero-order valence-corrected chi connectivity index (χ0v) is 13.5. The summed E-state index contributed by atoms with van der Waals surface area (Å²) in [6.07, 6.45) is 4.75. The van der Waals surface area contributed by atoms with Gasteiger partial charge in [0.1, 0.15) is 0 Å². The molecule has 0 aliphatic heterocycles. The number of amides is 1. The van der Waals surface area contributed by atoms with Crippen molar-refractivity contribution in [2.24, 2.45) is 11.8 Å². The van der Waals surface area contributed by atoms with Crippen LogP contribution in [0.3, 0.4) is 0 Å². The Kier molecular flexibility index (Phi) is 5.05. The number of rotatable bonds is 4. The molecule has 0 heterocycles. The molecule has 2 unspecified atom stereocenters. The van der Waals surface area contributed by atoms with Crippen molar-refractivity contribution >= 4 is 11.6 Å². The van der Waals surface area contributed by atoms with Crippen LogP contribution in [0.5, 0.6) is 0 Å². The molecule has 2 atom stereocenters. The van der Waals surface area contributed by atoms with Gasteiger partial charge in [-0.2, -0.15) is 0 Å². The van der Waals surface area contributed by atoms with Gasteiger partial charge in [-0.1, -0.05) is 30.7 Å². The summed E-state index contributed by atoms with van der Waals surface area (Å²) in [5.74, 6) is 1.35. The van der Waals surface area contributed by atoms with E-state index in [2.05, 4.69) is 25.2 Å². The van der Waals surface area contributed by atoms with E-state index in [0.717, 1.165) is 24.2 Å². The van der Waals surface area contributed by atoms with Crippen LogP contribution in [0.2, 0.25) is 0 Å². The Balaban J connectivity index is 2.04. The minimum Gasteiger partial charge on any atom is -0.384 e. The first-order valence-electron chi connectivity index (χ1n) is 7.69. The van der Waals surface area contributed by atoms with Crippen molar-refractivity contribution in [1.82, 2.24) is 4.90 Å². The third-order valence-corrected chi connectivity index (χ3v) is 4.03. The van der Waals surface area contributed by atoms with Crippen molar-refractivity contribution in [1.29, 1.82) is 0 Å². The number of nitrogens with one attached hydrogen (secondary N) is 1. The van der Waals surface area contributed by atoms with E-state index in [0.29, 0.717) is 11.8 Å². The van der Waals surface area contributed by atoms with Crippen LogP contribution in [0, 0.1) is 11.8 Å². The normalized spacial score (nSPS) is 21.6. The van der Waals surface area contributed by atoms with Crippen molar-refractivity contribution in [3.8, 4) is 0 Å². The largest absolute Gasteiger partial charge is 0.384 e. The molecule has 21 heavy (non-hydrogen) atoms. The van der Waals surface area contributed by atoms with Crippen molar-refractivity contribution < 1.29 is 4.79 Å². The highest BCUT2D eigenvalue weighted by Gasteiger charge is 2.19. The Labute approximate surface area is 128 Å². The monoisotopic (exact) mass is 286 g/mol. The standard InChI is InChI=1S/C18H26N2O/c1-13-9-14(2)11-15(10-13)12-19-17-8-6-5-7-16(17)18(21)20(3)4/h5-9,13,15,19H,10-12H2,1-4H3. The molecule has 1 aromatic rings. The molecule has 0 saturated carbocycles. The summed E-state index contributed by atoms with van der Waals surface area (Å²) < 4.78 is 0. The molecule has 3 nitrogen and oxygen atoms in total. The third-order valence-electron chi connectivity index (χ3n) is 4.03. The van der Waals surface area contributed by atoms with E-state index in [9.17, 15) is 4.79 Å². The molecule has 1 aromatic carbocycles. The van der Waals surface area contributed by atoms with Crippen LogP contribution >= 0.6 is 0 Å². The maximum Gasteiger partial charge on any atom is 0.255 e. The minimum absolute atomic E-state index is 0.0474. The molecule has 1 N–H and O–H groups in total. The highest BCUT2D eigenvalue weighted by Crippen LogP contribution is 2.28. The van der Waals surface area contributed by atoms with E-state index >= 15 is 0 Å². The average molecular weight is 286 g/mol. The Hall–Kier alpha value is -1.77. The number of para-hydroxylation sites is 1. The van der Waals surface area contributed by atoms with Crippen molar-refractivity contribution in [3.63, 3.8) is 0 Å². The maximum atomic E-state index is 12.2. The summed E-state index contributed by atoms with van der Waals surface area (Å²) in [6.45, 7) is 5.42. The molecule has 0 saturated heterocycles. The smallest absolute Gasteiger partial charge is 0.255 e. The van der Waals surface area contributed by atoms with Crippen LogP contribution in [-0.2, 0) is 0 Å². The van der Waals surface area contributed by atoms with Gasteiger partial charge < -0.3 is 10.2 Å². The van der Waals surface area contributed by atoms with E-state index in [4.69, 9.17) is 0 Å². The fraction of sp³-hybridized carbons (Fsp3) is 0.500. The van der Waals surface area contributed by atoms with E-state index in [1.54, 1.807) is 19.0 Å². The molecule has 1 aliphatic carbocycles. The molecule has 0 bridgehead atoms. The number of hydrogen-bond acceptors (Lipinski definition) is 2. The molecule has 0 fully saturated rings. The maximum absolute atomic E-state index is 12.2. The first kappa shape index (κ1) is 15.6. The molecule has 1 aliphatic rings. The molecule has 0 radical (unpaired) electrons. The lowest BCUT2D eigenvalue weighted by Gasteiger charge is -2.26. The molecule has 1 amide bonds. The fourth-order valence-electron chi connectivity index (χ4n) is 3.16. The molecular formula is C18H26N2O. The summed E-state index contributed by atoms with van der Waals surface area (Å²) in [7, 11) is 3.58. The van der Waals surface area contributed by atoms with Crippen LogP contribution in [0.15, 0.2) is 35.9 Å². The summed E-state index contributed by atoms with van der Waals surface area (Å²) >= 11 is 0. The number of benzene rings is 1. The Bertz CT molecular complexity index is 534. The summed E-state index contributed by atoms with van der Waals surface area (Å²) in [5.41, 5.74) is 3.17. The van der Waals surface area contributed by atoms with Crippen molar-refractivity contribution in [3.05, 3.63) is 41.5 Å². The molecule has 2 rings (SSSR count). The van der Waals surface area contributed by atoms with Gasteiger partial charge in [-0.3, -0.25) is 4.79 Å². The molecule has 3 heteroatoms. The second-order valence-electron chi connectivity index (χ2n) is 6.42. The van der Waals surface area contributed by atoms with E-state index in [1.165, 1.54) is 12.0 Å². The lowest BCUT2D eigenvalue weighted by Crippen LogP contribution is -2.24. The molecule has 114 valence electrons. The third kappa shape index (κ3) is 4.10. The van der Waals surface area contributed by atoms with Gasteiger partial charge in [0.05, 0.1) is 5.56 Å². The van der Waals surface area contributed by atoms with Crippen molar-refractivity contribution in [2.45, 2.75) is 26.7 Å². The zero-order valence-electron chi connectivity index (χ0n) is 13.5. The Morgan fingerprint density at radius 3 is 2.71 bits per heavy atom. The van der Waals surface area contributed by atoms with Crippen LogP contribution in [0.1, 0.15) is 37.0 Å². The minimum atomic E-state index is 0.0474. The lowest BCUT2D eigenvalue weighted by molar-refractivity contribution is 0.0828. The quantitative estimate of drug-likeness (QED) is 0.854. The van der Waals surface area contributed by atoms with E-state index in [-0.39, 0.29) is 5.91 Å². The fourth-order valence-corrected chi connectivity index (χ4v) is 3.16. The number of carbonyl (C=O) groups is 1. The Morgan fingerprint density at radius 1 is 1.33 bits per heavy atom. The van der Waals surface area contributed by atoms with Crippen LogP contribution in [0.4, 0.5) is 5.69 Å². The molecular weight excluding hydrogens is 260 g/mol. The Morgan fingerprint density at radius 2 is 2.05 bits per heavy atom. The van der Waals surface area contributed by atoms with Gasteiger partial charge in [0.15, 0.2) is 0 Å².